The normalized spacial score (nSPS) is 19.5. The average molecular weight is 275 g/mol. The van der Waals surface area contributed by atoms with Crippen molar-refractivity contribution in [3.8, 4) is 11.5 Å². The van der Waals surface area contributed by atoms with Crippen LogP contribution in [0.25, 0.3) is 0 Å². The number of hydrogen-bond donors (Lipinski definition) is 1. The summed E-state index contributed by atoms with van der Waals surface area (Å²) in [5.74, 6) is -0.0853. The molecule has 1 saturated heterocycles. The Hall–Kier alpha value is -1.43. The number of hydrogen-bond acceptors (Lipinski definition) is 3. The summed E-state index contributed by atoms with van der Waals surface area (Å²) in [6, 6.07) is 2.54. The highest BCUT2D eigenvalue weighted by Gasteiger charge is 2.37. The molecule has 0 saturated carbocycles. The molecular formula is C13H16F3NO2. The maximum atomic E-state index is 12.9. The molecule has 0 aromatic heterocycles. The second kappa shape index (κ2) is 5.28. The minimum Gasteiger partial charge on any atom is -0.492 e. The van der Waals surface area contributed by atoms with Crippen molar-refractivity contribution >= 4 is 0 Å². The van der Waals surface area contributed by atoms with Crippen molar-refractivity contribution in [3.63, 3.8) is 0 Å². The molecule has 0 radical (unpaired) electrons. The fourth-order valence-corrected chi connectivity index (χ4v) is 2.44. The van der Waals surface area contributed by atoms with Gasteiger partial charge in [-0.1, -0.05) is 6.07 Å². The Bertz CT molecular complexity index is 454. The largest absolute Gasteiger partial charge is 0.492 e. The van der Waals surface area contributed by atoms with Gasteiger partial charge in [0.15, 0.2) is 11.5 Å². The first kappa shape index (κ1) is 14.0. The van der Waals surface area contributed by atoms with Crippen molar-refractivity contribution < 1.29 is 22.6 Å². The van der Waals surface area contributed by atoms with Gasteiger partial charge in [0.25, 0.3) is 0 Å². The molecule has 1 unspecified atom stereocenters. The third kappa shape index (κ3) is 2.63. The minimum absolute atomic E-state index is 0.0196. The average Bonchev–Trinajstić information content (AvgIpc) is 2.89. The summed E-state index contributed by atoms with van der Waals surface area (Å²) in [6.07, 6.45) is -2.58. The topological polar surface area (TPSA) is 30.5 Å². The SMILES string of the molecule is COc1c(C2CCCN2)ccc(C(F)(F)F)c1OC. The lowest BCUT2D eigenvalue weighted by Gasteiger charge is -2.20. The maximum Gasteiger partial charge on any atom is 0.420 e. The van der Waals surface area contributed by atoms with Crippen molar-refractivity contribution in [2.45, 2.75) is 25.1 Å². The van der Waals surface area contributed by atoms with Gasteiger partial charge in [-0.15, -0.1) is 0 Å². The molecule has 2 rings (SSSR count). The van der Waals surface area contributed by atoms with Gasteiger partial charge in [0.1, 0.15) is 5.56 Å². The zero-order chi connectivity index (χ0) is 14.0. The number of methoxy groups -OCH3 is 2. The summed E-state index contributed by atoms with van der Waals surface area (Å²) in [7, 11) is 2.58. The highest BCUT2D eigenvalue weighted by atomic mass is 19.4. The van der Waals surface area contributed by atoms with Crippen LogP contribution in [0.3, 0.4) is 0 Å². The summed E-state index contributed by atoms with van der Waals surface area (Å²) < 4.78 is 48.8. The Labute approximate surface area is 109 Å². The highest BCUT2D eigenvalue weighted by Crippen LogP contribution is 2.45. The van der Waals surface area contributed by atoms with Crippen LogP contribution in [-0.2, 0) is 6.18 Å². The molecule has 1 atom stereocenters. The molecule has 1 aromatic rings. The number of halogens is 3. The Kier molecular flexibility index (Phi) is 3.89. The van der Waals surface area contributed by atoms with Gasteiger partial charge in [0, 0.05) is 11.6 Å². The van der Waals surface area contributed by atoms with Crippen LogP contribution in [0.5, 0.6) is 11.5 Å². The van der Waals surface area contributed by atoms with Crippen molar-refractivity contribution in [1.29, 1.82) is 0 Å². The van der Waals surface area contributed by atoms with Crippen LogP contribution in [0.4, 0.5) is 13.2 Å². The molecule has 6 heteroatoms. The molecule has 0 bridgehead atoms. The molecule has 3 nitrogen and oxygen atoms in total. The molecular weight excluding hydrogens is 259 g/mol. The summed E-state index contributed by atoms with van der Waals surface area (Å²) in [4.78, 5) is 0. The zero-order valence-electron chi connectivity index (χ0n) is 10.8. The summed E-state index contributed by atoms with van der Waals surface area (Å²) in [6.45, 7) is 0.858. The molecule has 0 amide bonds. The third-order valence-electron chi connectivity index (χ3n) is 3.29. The molecule has 106 valence electrons. The number of ether oxygens (including phenoxy) is 2. The second-order valence-corrected chi connectivity index (χ2v) is 4.42. The Balaban J connectivity index is 2.52. The number of benzene rings is 1. The molecule has 1 aliphatic rings. The summed E-state index contributed by atoms with van der Waals surface area (Å²) >= 11 is 0. The van der Waals surface area contributed by atoms with Crippen LogP contribution < -0.4 is 14.8 Å². The van der Waals surface area contributed by atoms with E-state index in [1.54, 1.807) is 0 Å². The van der Waals surface area contributed by atoms with Crippen LogP contribution in [0.1, 0.15) is 30.0 Å². The van der Waals surface area contributed by atoms with E-state index in [1.807, 2.05) is 0 Å². The fraction of sp³-hybridized carbons (Fsp3) is 0.538. The zero-order valence-corrected chi connectivity index (χ0v) is 10.8. The number of alkyl halides is 3. The van der Waals surface area contributed by atoms with E-state index < -0.39 is 11.7 Å². The predicted molar refractivity (Wildman–Crippen MR) is 64.5 cm³/mol. The van der Waals surface area contributed by atoms with Crippen molar-refractivity contribution in [2.24, 2.45) is 0 Å². The second-order valence-electron chi connectivity index (χ2n) is 4.42. The van der Waals surface area contributed by atoms with E-state index >= 15 is 0 Å². The van der Waals surface area contributed by atoms with Crippen molar-refractivity contribution in [1.82, 2.24) is 5.32 Å². The predicted octanol–water partition coefficient (Wildman–Crippen LogP) is 3.15. The first-order chi connectivity index (χ1) is 8.99. The molecule has 0 aliphatic carbocycles. The lowest BCUT2D eigenvalue weighted by molar-refractivity contribution is -0.138. The molecule has 1 aromatic carbocycles. The van der Waals surface area contributed by atoms with Crippen molar-refractivity contribution in [3.05, 3.63) is 23.3 Å². The molecule has 1 aliphatic heterocycles. The molecule has 0 spiro atoms. The smallest absolute Gasteiger partial charge is 0.420 e. The molecule has 1 N–H and O–H groups in total. The Morgan fingerprint density at radius 2 is 1.84 bits per heavy atom. The van der Waals surface area contributed by atoms with Crippen LogP contribution in [-0.4, -0.2) is 20.8 Å². The van der Waals surface area contributed by atoms with E-state index in [0.717, 1.165) is 25.5 Å². The van der Waals surface area contributed by atoms with Crippen LogP contribution in [0.2, 0.25) is 0 Å². The Morgan fingerprint density at radius 3 is 2.32 bits per heavy atom. The van der Waals surface area contributed by atoms with Crippen LogP contribution in [0.15, 0.2) is 12.1 Å². The first-order valence-electron chi connectivity index (χ1n) is 6.04. The summed E-state index contributed by atoms with van der Waals surface area (Å²) in [5.41, 5.74) is -0.0987. The minimum atomic E-state index is -4.46. The quantitative estimate of drug-likeness (QED) is 0.919. The lowest BCUT2D eigenvalue weighted by Crippen LogP contribution is -2.16. The molecule has 19 heavy (non-hydrogen) atoms. The maximum absolute atomic E-state index is 12.9. The fourth-order valence-electron chi connectivity index (χ4n) is 2.44. The lowest BCUT2D eigenvalue weighted by atomic mass is 10.0. The number of rotatable bonds is 3. The molecule has 1 heterocycles. The monoisotopic (exact) mass is 275 g/mol. The van der Waals surface area contributed by atoms with Crippen LogP contribution >= 0.6 is 0 Å². The standard InChI is InChI=1S/C13H16F3NO2/c1-18-11-8(10-4-3-7-17-10)5-6-9(12(11)19-2)13(14,15)16/h5-6,10,17H,3-4,7H2,1-2H3. The summed E-state index contributed by atoms with van der Waals surface area (Å²) in [5, 5.41) is 3.24. The van der Waals surface area contributed by atoms with E-state index in [0.29, 0.717) is 5.56 Å². The van der Waals surface area contributed by atoms with Gasteiger partial charge in [-0.3, -0.25) is 0 Å². The van der Waals surface area contributed by atoms with Gasteiger partial charge in [-0.2, -0.15) is 13.2 Å². The van der Waals surface area contributed by atoms with Gasteiger partial charge < -0.3 is 14.8 Å². The van der Waals surface area contributed by atoms with E-state index in [4.69, 9.17) is 9.47 Å². The first-order valence-corrected chi connectivity index (χ1v) is 6.04. The van der Waals surface area contributed by atoms with E-state index in [-0.39, 0.29) is 17.5 Å². The molecule has 1 fully saturated rings. The van der Waals surface area contributed by atoms with Gasteiger partial charge in [-0.25, -0.2) is 0 Å². The third-order valence-corrected chi connectivity index (χ3v) is 3.29. The van der Waals surface area contributed by atoms with Crippen LogP contribution in [0, 0.1) is 0 Å². The van der Waals surface area contributed by atoms with E-state index in [9.17, 15) is 13.2 Å². The van der Waals surface area contributed by atoms with Gasteiger partial charge >= 0.3 is 6.18 Å². The van der Waals surface area contributed by atoms with Gasteiger partial charge in [0.2, 0.25) is 0 Å². The number of nitrogens with one attached hydrogen (secondary N) is 1. The van der Waals surface area contributed by atoms with Crippen molar-refractivity contribution in [2.75, 3.05) is 20.8 Å². The van der Waals surface area contributed by atoms with E-state index in [1.165, 1.54) is 20.3 Å². The highest BCUT2D eigenvalue weighted by molar-refractivity contribution is 5.54. The van der Waals surface area contributed by atoms with Gasteiger partial charge in [-0.05, 0) is 25.5 Å². The van der Waals surface area contributed by atoms with Gasteiger partial charge in [0.05, 0.1) is 14.2 Å². The van der Waals surface area contributed by atoms with E-state index in [2.05, 4.69) is 5.32 Å². The Morgan fingerprint density at radius 1 is 1.16 bits per heavy atom.